The van der Waals surface area contributed by atoms with Crippen LogP contribution in [0.4, 0.5) is 0 Å². The first-order chi connectivity index (χ1) is 30.9. The molecule has 18 nitrogen and oxygen atoms in total. The first-order valence-corrected chi connectivity index (χ1v) is 24.3. The number of carboxylic acid groups (broad SMARTS) is 1. The van der Waals surface area contributed by atoms with E-state index < -0.39 is 128 Å². The number of carbonyl (C=O) groups is 1. The van der Waals surface area contributed by atoms with Crippen molar-refractivity contribution in [1.29, 1.82) is 0 Å². The molecule has 378 valence electrons. The van der Waals surface area contributed by atoms with E-state index in [4.69, 9.17) is 28.4 Å². The van der Waals surface area contributed by atoms with Crippen LogP contribution in [-0.2, 0) is 33.2 Å². The molecule has 8 rings (SSSR count). The van der Waals surface area contributed by atoms with Gasteiger partial charge in [-0.05, 0) is 111 Å². The molecule has 18 heteroatoms. The topological polar surface area (TPSA) is 295 Å². The van der Waals surface area contributed by atoms with Gasteiger partial charge in [0.05, 0.1) is 37.4 Å². The molecule has 8 aliphatic rings. The maximum Gasteiger partial charge on any atom is 0.310 e. The van der Waals surface area contributed by atoms with Crippen molar-refractivity contribution in [2.75, 3.05) is 19.8 Å². The first-order valence-electron chi connectivity index (χ1n) is 24.3. The summed E-state index contributed by atoms with van der Waals surface area (Å²) in [6.07, 6.45) is -15.3. The van der Waals surface area contributed by atoms with Gasteiger partial charge in [0.15, 0.2) is 18.9 Å². The zero-order valence-electron chi connectivity index (χ0n) is 39.5. The summed E-state index contributed by atoms with van der Waals surface area (Å²) in [7, 11) is 0. The van der Waals surface area contributed by atoms with Crippen molar-refractivity contribution in [2.24, 2.45) is 50.2 Å². The van der Waals surface area contributed by atoms with Crippen molar-refractivity contribution in [2.45, 2.75) is 211 Å². The van der Waals surface area contributed by atoms with E-state index in [0.29, 0.717) is 25.7 Å². The van der Waals surface area contributed by atoms with E-state index in [2.05, 4.69) is 40.7 Å². The van der Waals surface area contributed by atoms with Crippen molar-refractivity contribution < 1.29 is 89.4 Å². The highest BCUT2D eigenvalue weighted by atomic mass is 16.8. The van der Waals surface area contributed by atoms with Gasteiger partial charge in [-0.3, -0.25) is 4.79 Å². The Hall–Kier alpha value is -1.43. The molecule has 0 spiro atoms. The standard InChI is InChI=1S/C48H78O18/c1-22-30(52)33(55)35(57)39(61-22)65-37-32(54)26(20-50)63-41(38(37)66-40-36(58)34(56)31(53)25(19-49)62-40)64-29-11-12-44(4)27(45(29,5)21-51)10-13-47(7)28(44)9-8-23-24-18-43(2,3)14-16-48(24,42(59)60)17-15-46(23,47)6/h8,22,24-41,49-58H,9-21H2,1-7H3,(H,59,60)/t22-,24-,25+,26+,27+,28+,29-,30-,31-,32+,33+,34-,35+,36+,37-,38+,39-,40-,41-,44-,45-,46+,47+,48-/m0/s1. The molecule has 3 heterocycles. The molecule has 0 amide bonds. The van der Waals surface area contributed by atoms with Crippen LogP contribution in [0.2, 0.25) is 0 Å². The van der Waals surface area contributed by atoms with Gasteiger partial charge in [0, 0.05) is 5.41 Å². The Bertz CT molecular complexity index is 1800. The van der Waals surface area contributed by atoms with E-state index >= 15 is 0 Å². The quantitative estimate of drug-likeness (QED) is 0.106. The van der Waals surface area contributed by atoms with Gasteiger partial charge in [-0.2, -0.15) is 0 Å². The summed E-state index contributed by atoms with van der Waals surface area (Å²) in [5.41, 5.74) is -1.02. The molecule has 3 aliphatic heterocycles. The average molecular weight is 943 g/mol. The monoisotopic (exact) mass is 943 g/mol. The zero-order chi connectivity index (χ0) is 48.3. The smallest absolute Gasteiger partial charge is 0.310 e. The lowest BCUT2D eigenvalue weighted by molar-refractivity contribution is -0.399. The lowest BCUT2D eigenvalue weighted by Gasteiger charge is -2.71. The predicted octanol–water partition coefficient (Wildman–Crippen LogP) is 0.706. The van der Waals surface area contributed by atoms with Crippen molar-refractivity contribution in [1.82, 2.24) is 0 Å². The average Bonchev–Trinajstić information content (AvgIpc) is 3.27. The second-order valence-corrected chi connectivity index (χ2v) is 23.3. The Kier molecular flexibility index (Phi) is 13.9. The van der Waals surface area contributed by atoms with E-state index in [9.17, 15) is 61.0 Å². The van der Waals surface area contributed by atoms with Crippen LogP contribution in [0, 0.1) is 50.2 Å². The molecule has 24 atom stereocenters. The molecular formula is C48H78O18. The molecule has 0 aromatic carbocycles. The Labute approximate surface area is 387 Å². The maximum atomic E-state index is 13.2. The molecule has 5 aliphatic carbocycles. The molecule has 3 saturated heterocycles. The molecule has 0 unspecified atom stereocenters. The van der Waals surface area contributed by atoms with Crippen LogP contribution in [0.3, 0.4) is 0 Å². The Balaban J connectivity index is 1.11. The summed E-state index contributed by atoms with van der Waals surface area (Å²) < 4.78 is 37.1. The molecule has 0 aromatic heterocycles. The summed E-state index contributed by atoms with van der Waals surface area (Å²) in [6.45, 7) is 13.3. The summed E-state index contributed by atoms with van der Waals surface area (Å²) in [4.78, 5) is 13.2. The minimum atomic E-state index is -1.90. The van der Waals surface area contributed by atoms with Gasteiger partial charge >= 0.3 is 5.97 Å². The van der Waals surface area contributed by atoms with E-state index in [1.807, 2.05) is 6.92 Å². The first kappa shape index (κ1) is 50.9. The van der Waals surface area contributed by atoms with Gasteiger partial charge in [0.25, 0.3) is 0 Å². The highest BCUT2D eigenvalue weighted by Crippen LogP contribution is 2.76. The van der Waals surface area contributed by atoms with Gasteiger partial charge in [0.2, 0.25) is 0 Å². The van der Waals surface area contributed by atoms with Crippen LogP contribution >= 0.6 is 0 Å². The normalized spacial score (nSPS) is 54.8. The SMILES string of the molecule is C[C@@H]1O[C@@H](O[C@H]2[C@H](O)[C@@H](CO)O[C@@H](O[C@H]3CC[C@@]4(C)[C@@H](CC[C@]5(C)[C@@H]4CC=C4[C@@H]6CC(C)(C)CC[C@]6(C(=O)O)CC[C@]45C)[C@]3(C)CO)[C@@H]2O[C@@H]2O[C@H](CO)[C@H](O)[C@H](O)[C@H]2O)[C@H](O)[C@H](O)[C@H]1O. The molecule has 0 aromatic rings. The van der Waals surface area contributed by atoms with E-state index in [1.54, 1.807) is 0 Å². The summed E-state index contributed by atoms with van der Waals surface area (Å²) in [5, 5.41) is 119. The number of aliphatic hydroxyl groups excluding tert-OH is 10. The number of rotatable bonds is 10. The Morgan fingerprint density at radius 1 is 0.652 bits per heavy atom. The fourth-order valence-corrected chi connectivity index (χ4v) is 15.1. The number of ether oxygens (including phenoxy) is 6. The molecular weight excluding hydrogens is 865 g/mol. The van der Waals surface area contributed by atoms with Crippen molar-refractivity contribution in [3.05, 3.63) is 11.6 Å². The fraction of sp³-hybridized carbons (Fsp3) is 0.938. The summed E-state index contributed by atoms with van der Waals surface area (Å²) >= 11 is 0. The fourth-order valence-electron chi connectivity index (χ4n) is 15.1. The predicted molar refractivity (Wildman–Crippen MR) is 231 cm³/mol. The van der Waals surface area contributed by atoms with Crippen molar-refractivity contribution in [3.63, 3.8) is 0 Å². The van der Waals surface area contributed by atoms with Gasteiger partial charge in [-0.1, -0.05) is 53.2 Å². The summed E-state index contributed by atoms with van der Waals surface area (Å²) in [6, 6.07) is 0. The maximum absolute atomic E-state index is 13.2. The Morgan fingerprint density at radius 3 is 1.88 bits per heavy atom. The molecule has 11 N–H and O–H groups in total. The van der Waals surface area contributed by atoms with Crippen molar-refractivity contribution >= 4 is 5.97 Å². The third-order valence-electron chi connectivity index (χ3n) is 19.5. The van der Waals surface area contributed by atoms with Crippen LogP contribution in [0.25, 0.3) is 0 Å². The van der Waals surface area contributed by atoms with Crippen LogP contribution in [0.15, 0.2) is 11.6 Å². The number of aliphatic carboxylic acids is 1. The molecule has 4 saturated carbocycles. The Morgan fingerprint density at radius 2 is 1.24 bits per heavy atom. The van der Waals surface area contributed by atoms with Crippen LogP contribution in [0.1, 0.15) is 113 Å². The lowest BCUT2D eigenvalue weighted by Crippen LogP contribution is -2.68. The molecule has 7 fully saturated rings. The second kappa shape index (κ2) is 18.0. The van der Waals surface area contributed by atoms with Gasteiger partial charge in [-0.15, -0.1) is 0 Å². The van der Waals surface area contributed by atoms with E-state index in [0.717, 1.165) is 38.5 Å². The molecule has 0 bridgehead atoms. The van der Waals surface area contributed by atoms with Crippen LogP contribution < -0.4 is 0 Å². The third kappa shape index (κ3) is 7.78. The number of aliphatic hydroxyl groups is 10. The van der Waals surface area contributed by atoms with E-state index in [1.165, 1.54) is 12.5 Å². The minimum Gasteiger partial charge on any atom is -0.481 e. The number of fused-ring (bicyclic) bond motifs is 7. The lowest BCUT2D eigenvalue weighted by atomic mass is 9.33. The summed E-state index contributed by atoms with van der Waals surface area (Å²) in [5.74, 6) is -0.611. The molecule has 66 heavy (non-hydrogen) atoms. The highest BCUT2D eigenvalue weighted by molar-refractivity contribution is 5.76. The van der Waals surface area contributed by atoms with Crippen LogP contribution in [0.5, 0.6) is 0 Å². The largest absolute Gasteiger partial charge is 0.481 e. The van der Waals surface area contributed by atoms with Gasteiger partial charge in [-0.25, -0.2) is 0 Å². The number of hydrogen-bond donors (Lipinski definition) is 11. The minimum absolute atomic E-state index is 0.0311. The third-order valence-corrected chi connectivity index (χ3v) is 19.5. The number of carboxylic acids is 1. The molecule has 0 radical (unpaired) electrons. The van der Waals surface area contributed by atoms with Gasteiger partial charge in [0.1, 0.15) is 67.1 Å². The van der Waals surface area contributed by atoms with Crippen molar-refractivity contribution in [3.8, 4) is 0 Å². The zero-order valence-corrected chi connectivity index (χ0v) is 39.5. The number of hydrogen-bond acceptors (Lipinski definition) is 17. The van der Waals surface area contributed by atoms with Crippen LogP contribution in [-0.4, -0.2) is 180 Å². The highest BCUT2D eigenvalue weighted by Gasteiger charge is 2.70. The second-order valence-electron chi connectivity index (χ2n) is 23.3. The number of allylic oxidation sites excluding steroid dienone is 2. The van der Waals surface area contributed by atoms with Gasteiger partial charge < -0.3 is 84.6 Å². The van der Waals surface area contributed by atoms with E-state index in [-0.39, 0.29) is 46.0 Å².